The Morgan fingerprint density at radius 2 is 1.70 bits per heavy atom. The van der Waals surface area contributed by atoms with Crippen molar-refractivity contribution in [2.75, 3.05) is 51.7 Å². The summed E-state index contributed by atoms with van der Waals surface area (Å²) < 4.78 is 28.0. The lowest BCUT2D eigenvalue weighted by molar-refractivity contribution is 0.0934. The summed E-state index contributed by atoms with van der Waals surface area (Å²) in [5.41, 5.74) is 1.25. The van der Waals surface area contributed by atoms with Gasteiger partial charge < -0.3 is 15.1 Å². The smallest absolute Gasteiger partial charge is 0.252 e. The number of halogens is 1. The first kappa shape index (κ1) is 25.5. The number of nitrogens with one attached hydrogen (secondary N) is 1. The largest absolute Gasteiger partial charge is 0.369 e. The molecule has 1 amide bonds. The normalized spacial score (nSPS) is 16.3. The molecule has 0 radical (unpaired) electrons. The van der Waals surface area contributed by atoms with Gasteiger partial charge in [0.1, 0.15) is 0 Å². The van der Waals surface area contributed by atoms with E-state index in [1.807, 2.05) is 44.4 Å². The van der Waals surface area contributed by atoms with E-state index >= 15 is 0 Å². The second kappa shape index (κ2) is 10.9. The van der Waals surface area contributed by atoms with E-state index in [4.69, 9.17) is 11.6 Å². The Labute approximate surface area is 202 Å². The predicted octanol–water partition coefficient (Wildman–Crippen LogP) is 3.17. The third-order valence-electron chi connectivity index (χ3n) is 6.08. The van der Waals surface area contributed by atoms with Crippen LogP contribution in [0.4, 0.5) is 5.69 Å². The van der Waals surface area contributed by atoms with E-state index in [0.717, 1.165) is 5.69 Å². The van der Waals surface area contributed by atoms with Crippen molar-refractivity contribution in [3.05, 3.63) is 59.1 Å². The minimum absolute atomic E-state index is 0.0817. The van der Waals surface area contributed by atoms with Crippen LogP contribution in [0, 0.1) is 5.92 Å². The molecule has 1 atom stereocenters. The molecule has 2 aromatic carbocycles. The summed E-state index contributed by atoms with van der Waals surface area (Å²) in [5.74, 6) is -0.0320. The van der Waals surface area contributed by atoms with E-state index in [2.05, 4.69) is 29.0 Å². The molecule has 180 valence electrons. The van der Waals surface area contributed by atoms with Crippen LogP contribution < -0.4 is 10.2 Å². The number of benzene rings is 2. The predicted molar refractivity (Wildman–Crippen MR) is 134 cm³/mol. The van der Waals surface area contributed by atoms with Gasteiger partial charge in [-0.3, -0.25) is 4.79 Å². The highest BCUT2D eigenvalue weighted by Crippen LogP contribution is 2.25. The molecule has 1 fully saturated rings. The van der Waals surface area contributed by atoms with Gasteiger partial charge in [0.15, 0.2) is 0 Å². The standard InChI is InChI=1S/C24H33ClN4O3S/c1-18(2)23(27(3)4)17-26-24(30)21-16-20(10-11-22(21)25)33(31,32)29-14-12-28(13-15-29)19-8-6-5-7-9-19/h5-11,16,18,23H,12-15,17H2,1-4H3,(H,26,30)/t23-/m0/s1. The average Bonchev–Trinajstić information content (AvgIpc) is 2.79. The number of amides is 1. The molecular weight excluding hydrogens is 460 g/mol. The molecule has 2 aromatic rings. The van der Waals surface area contributed by atoms with Gasteiger partial charge in [-0.15, -0.1) is 0 Å². The topological polar surface area (TPSA) is 73.0 Å². The summed E-state index contributed by atoms with van der Waals surface area (Å²) in [5, 5.41) is 3.13. The molecule has 0 aliphatic carbocycles. The zero-order valence-electron chi connectivity index (χ0n) is 19.7. The maximum atomic E-state index is 13.3. The van der Waals surface area contributed by atoms with E-state index in [-0.39, 0.29) is 27.4 Å². The van der Waals surface area contributed by atoms with Gasteiger partial charge in [0.25, 0.3) is 5.91 Å². The maximum Gasteiger partial charge on any atom is 0.252 e. The Morgan fingerprint density at radius 1 is 1.06 bits per heavy atom. The molecule has 1 saturated heterocycles. The van der Waals surface area contributed by atoms with Crippen molar-refractivity contribution < 1.29 is 13.2 Å². The molecule has 0 spiro atoms. The van der Waals surface area contributed by atoms with Crippen LogP contribution in [0.3, 0.4) is 0 Å². The lowest BCUT2D eigenvalue weighted by atomic mass is 10.0. The Hall–Kier alpha value is -2.13. The lowest BCUT2D eigenvalue weighted by Gasteiger charge is -2.35. The highest BCUT2D eigenvalue weighted by atomic mass is 35.5. The second-order valence-corrected chi connectivity index (χ2v) is 11.2. The quantitative estimate of drug-likeness (QED) is 0.612. The molecule has 1 heterocycles. The Bertz CT molecular complexity index is 1040. The van der Waals surface area contributed by atoms with Crippen LogP contribution >= 0.6 is 11.6 Å². The van der Waals surface area contributed by atoms with E-state index in [1.165, 1.54) is 22.5 Å². The molecule has 0 unspecified atom stereocenters. The van der Waals surface area contributed by atoms with Crippen molar-refractivity contribution in [3.63, 3.8) is 0 Å². The van der Waals surface area contributed by atoms with Crippen LogP contribution in [0.5, 0.6) is 0 Å². The SMILES string of the molecule is CC(C)[C@H](CNC(=O)c1cc(S(=O)(=O)N2CCN(c3ccccc3)CC2)ccc1Cl)N(C)C. The van der Waals surface area contributed by atoms with Crippen LogP contribution in [-0.4, -0.2) is 76.4 Å². The first-order chi connectivity index (χ1) is 15.6. The molecule has 33 heavy (non-hydrogen) atoms. The van der Waals surface area contributed by atoms with Crippen LogP contribution in [0.15, 0.2) is 53.4 Å². The number of likely N-dealkylation sites (N-methyl/N-ethyl adjacent to an activating group) is 1. The number of piperazine rings is 1. The van der Waals surface area contributed by atoms with Crippen molar-refractivity contribution in [2.24, 2.45) is 5.92 Å². The molecular formula is C24H33ClN4O3S. The maximum absolute atomic E-state index is 13.3. The Balaban J connectivity index is 1.72. The molecule has 0 aromatic heterocycles. The fourth-order valence-electron chi connectivity index (χ4n) is 4.12. The van der Waals surface area contributed by atoms with Gasteiger partial charge in [-0.05, 0) is 50.3 Å². The summed E-state index contributed by atoms with van der Waals surface area (Å²) in [6.45, 7) is 6.58. The third-order valence-corrected chi connectivity index (χ3v) is 8.31. The van der Waals surface area contributed by atoms with E-state index in [9.17, 15) is 13.2 Å². The van der Waals surface area contributed by atoms with Gasteiger partial charge in [-0.1, -0.05) is 43.6 Å². The van der Waals surface area contributed by atoms with Crippen LogP contribution in [0.1, 0.15) is 24.2 Å². The summed E-state index contributed by atoms with van der Waals surface area (Å²) in [7, 11) is 0.195. The molecule has 0 saturated carbocycles. The van der Waals surface area contributed by atoms with Gasteiger partial charge in [0, 0.05) is 44.5 Å². The Morgan fingerprint density at radius 3 is 2.27 bits per heavy atom. The monoisotopic (exact) mass is 492 g/mol. The number of anilines is 1. The third kappa shape index (κ3) is 6.06. The minimum atomic E-state index is -3.74. The first-order valence-corrected chi connectivity index (χ1v) is 13.0. The molecule has 3 rings (SSSR count). The number of hydrogen-bond donors (Lipinski definition) is 1. The van der Waals surface area contributed by atoms with Crippen LogP contribution in [0.25, 0.3) is 0 Å². The molecule has 1 aliphatic heterocycles. The summed E-state index contributed by atoms with van der Waals surface area (Å²) in [6, 6.07) is 14.4. The number of carbonyl (C=O) groups excluding carboxylic acids is 1. The summed E-state index contributed by atoms with van der Waals surface area (Å²) >= 11 is 6.27. The molecule has 9 heteroatoms. The van der Waals surface area contributed by atoms with E-state index in [0.29, 0.717) is 38.6 Å². The van der Waals surface area contributed by atoms with E-state index in [1.54, 1.807) is 0 Å². The zero-order chi connectivity index (χ0) is 24.2. The fourth-order valence-corrected chi connectivity index (χ4v) is 5.77. The number of para-hydroxylation sites is 1. The Kier molecular flexibility index (Phi) is 8.39. The van der Waals surface area contributed by atoms with Crippen LogP contribution in [0.2, 0.25) is 5.02 Å². The van der Waals surface area contributed by atoms with Gasteiger partial charge in [-0.2, -0.15) is 4.31 Å². The molecule has 1 aliphatic rings. The summed E-state index contributed by atoms with van der Waals surface area (Å²) in [4.78, 5) is 17.2. The number of hydrogen-bond acceptors (Lipinski definition) is 5. The number of sulfonamides is 1. The lowest BCUT2D eigenvalue weighted by Crippen LogP contribution is -2.48. The van der Waals surface area contributed by atoms with Gasteiger partial charge >= 0.3 is 0 Å². The minimum Gasteiger partial charge on any atom is -0.369 e. The van der Waals surface area contributed by atoms with Crippen molar-refractivity contribution >= 4 is 33.2 Å². The zero-order valence-corrected chi connectivity index (χ0v) is 21.2. The average molecular weight is 493 g/mol. The first-order valence-electron chi connectivity index (χ1n) is 11.2. The van der Waals surface area contributed by atoms with Crippen LogP contribution in [-0.2, 0) is 10.0 Å². The van der Waals surface area contributed by atoms with Crippen molar-refractivity contribution in [1.82, 2.24) is 14.5 Å². The summed E-state index contributed by atoms with van der Waals surface area (Å²) in [6.07, 6.45) is 0. The molecule has 7 nitrogen and oxygen atoms in total. The van der Waals surface area contributed by atoms with Crippen molar-refractivity contribution in [2.45, 2.75) is 24.8 Å². The van der Waals surface area contributed by atoms with Gasteiger partial charge in [0.05, 0.1) is 15.5 Å². The van der Waals surface area contributed by atoms with Crippen molar-refractivity contribution in [3.8, 4) is 0 Å². The molecule has 0 bridgehead atoms. The number of nitrogens with zero attached hydrogens (tertiary/aromatic N) is 3. The van der Waals surface area contributed by atoms with Gasteiger partial charge in [-0.25, -0.2) is 8.42 Å². The van der Waals surface area contributed by atoms with E-state index < -0.39 is 10.0 Å². The number of rotatable bonds is 8. The highest BCUT2D eigenvalue weighted by molar-refractivity contribution is 7.89. The molecule has 1 N–H and O–H groups in total. The van der Waals surface area contributed by atoms with Crippen molar-refractivity contribution in [1.29, 1.82) is 0 Å². The second-order valence-electron chi connectivity index (χ2n) is 8.85. The number of carbonyl (C=O) groups is 1. The van der Waals surface area contributed by atoms with Gasteiger partial charge in [0.2, 0.25) is 10.0 Å². The fraction of sp³-hybridized carbons (Fsp3) is 0.458. The highest BCUT2D eigenvalue weighted by Gasteiger charge is 2.30.